The monoisotopic (exact) mass is 979 g/mol. The topological polar surface area (TPSA) is 78.9 Å². The molecule has 0 aromatic heterocycles. The zero-order chi connectivity index (χ0) is 51.4. The molecule has 0 heterocycles. The highest BCUT2D eigenvalue weighted by Gasteiger charge is 2.19. The first-order chi connectivity index (χ1) is 35.0. The van der Waals surface area contributed by atoms with E-state index < -0.39 is 12.1 Å². The Kier molecular flexibility index (Phi) is 54.0. The van der Waals surface area contributed by atoms with Gasteiger partial charge in [0.1, 0.15) is 13.2 Å². The quantitative estimate of drug-likeness (QED) is 0.0262. The van der Waals surface area contributed by atoms with Crippen LogP contribution in [0.25, 0.3) is 0 Å². The largest absolute Gasteiger partial charge is 0.462 e. The van der Waals surface area contributed by atoms with Gasteiger partial charge in [-0.1, -0.05) is 231 Å². The second kappa shape index (κ2) is 57.9. The first-order valence-electron chi connectivity index (χ1n) is 28.3. The van der Waals surface area contributed by atoms with Crippen LogP contribution in [-0.2, 0) is 28.6 Å². The highest BCUT2D eigenvalue weighted by atomic mass is 16.6. The SMILES string of the molecule is CC/C=C\C/C=C\C/C=C\C/C=C\C/C=C\CCCCCCCC(=O)OCC(COC(=O)C/C=C\C/C=C\C/C=C\C/C=C\C/C=C\CC)OC(=O)CCCCCCCCC/C=C\C/C=C\CCCCC. The molecule has 0 radical (unpaired) electrons. The van der Waals surface area contributed by atoms with Gasteiger partial charge in [-0.05, 0) is 122 Å². The van der Waals surface area contributed by atoms with Crippen LogP contribution in [0.3, 0.4) is 0 Å². The van der Waals surface area contributed by atoms with E-state index in [1.807, 2.05) is 6.08 Å². The van der Waals surface area contributed by atoms with E-state index in [9.17, 15) is 14.4 Å². The lowest BCUT2D eigenvalue weighted by Crippen LogP contribution is -2.30. The molecule has 0 aromatic rings. The number of carbonyl (C=O) groups is 3. The average molecular weight is 980 g/mol. The summed E-state index contributed by atoms with van der Waals surface area (Å²) in [5, 5.41) is 0. The minimum Gasteiger partial charge on any atom is -0.462 e. The van der Waals surface area contributed by atoms with Gasteiger partial charge in [-0.15, -0.1) is 0 Å². The van der Waals surface area contributed by atoms with E-state index in [0.29, 0.717) is 6.42 Å². The molecule has 0 amide bonds. The number of ether oxygens (including phenoxy) is 3. The van der Waals surface area contributed by atoms with Crippen LogP contribution in [0.15, 0.2) is 146 Å². The molecule has 0 aliphatic carbocycles. The third-order valence-electron chi connectivity index (χ3n) is 11.3. The predicted octanol–water partition coefficient (Wildman–Crippen LogP) is 19.2. The van der Waals surface area contributed by atoms with E-state index in [-0.39, 0.29) is 38.0 Å². The van der Waals surface area contributed by atoms with E-state index in [1.54, 1.807) is 6.08 Å². The lowest BCUT2D eigenvalue weighted by Gasteiger charge is -2.18. The van der Waals surface area contributed by atoms with Crippen molar-refractivity contribution in [1.82, 2.24) is 0 Å². The number of rotatable bonds is 49. The summed E-state index contributed by atoms with van der Waals surface area (Å²) in [6.45, 7) is 6.26. The van der Waals surface area contributed by atoms with Crippen LogP contribution < -0.4 is 0 Å². The second-order valence-corrected chi connectivity index (χ2v) is 18.1. The van der Waals surface area contributed by atoms with Crippen molar-refractivity contribution in [2.24, 2.45) is 0 Å². The van der Waals surface area contributed by atoms with Crippen LogP contribution in [0.4, 0.5) is 0 Å². The van der Waals surface area contributed by atoms with Crippen LogP contribution >= 0.6 is 0 Å². The van der Waals surface area contributed by atoms with Crippen LogP contribution in [0.5, 0.6) is 0 Å². The number of allylic oxidation sites excluding steroid dienone is 23. The summed E-state index contributed by atoms with van der Waals surface area (Å²) in [6.07, 6.45) is 82.8. The fourth-order valence-electron chi connectivity index (χ4n) is 7.16. The lowest BCUT2D eigenvalue weighted by atomic mass is 10.1. The molecule has 0 N–H and O–H groups in total. The fraction of sp³-hybridized carbons (Fsp3) is 0.585. The molecule has 71 heavy (non-hydrogen) atoms. The zero-order valence-corrected chi connectivity index (χ0v) is 45.4. The van der Waals surface area contributed by atoms with Crippen molar-refractivity contribution in [3.8, 4) is 0 Å². The molecule has 0 spiro atoms. The molecule has 0 aliphatic heterocycles. The van der Waals surface area contributed by atoms with Crippen LogP contribution in [0.2, 0.25) is 0 Å². The molecule has 0 fully saturated rings. The summed E-state index contributed by atoms with van der Waals surface area (Å²) in [7, 11) is 0. The summed E-state index contributed by atoms with van der Waals surface area (Å²) in [4.78, 5) is 38.1. The Morgan fingerprint density at radius 1 is 0.310 bits per heavy atom. The van der Waals surface area contributed by atoms with Gasteiger partial charge in [-0.3, -0.25) is 14.4 Å². The van der Waals surface area contributed by atoms with Gasteiger partial charge in [-0.25, -0.2) is 0 Å². The van der Waals surface area contributed by atoms with Crippen molar-refractivity contribution in [2.75, 3.05) is 13.2 Å². The van der Waals surface area contributed by atoms with Gasteiger partial charge in [0.05, 0.1) is 6.42 Å². The van der Waals surface area contributed by atoms with E-state index in [0.717, 1.165) is 141 Å². The van der Waals surface area contributed by atoms with Crippen molar-refractivity contribution in [2.45, 2.75) is 232 Å². The first kappa shape index (κ1) is 66.3. The number of unbranched alkanes of at least 4 members (excludes halogenated alkanes) is 15. The molecule has 0 saturated heterocycles. The smallest absolute Gasteiger partial charge is 0.309 e. The normalized spacial score (nSPS) is 13.2. The van der Waals surface area contributed by atoms with Gasteiger partial charge in [0.25, 0.3) is 0 Å². The fourth-order valence-corrected chi connectivity index (χ4v) is 7.16. The standard InChI is InChI=1S/C65H102O6/c1-4-7-10-13-16-19-22-25-28-30-31-32-33-35-37-40-43-46-49-52-55-58-64(67)70-61-62(60-69-63(66)57-54-51-48-45-42-39-36-27-24-21-18-15-12-9-6-3)71-65(68)59-56-53-50-47-44-41-38-34-29-26-23-20-17-14-11-8-5-2/h7,9-10,12,16-21,25-29,31-32,35-37,42,45,51,54,62H,4-6,8,11,13-15,22-24,30,33-34,38-41,43-44,46-50,52-53,55-61H2,1-3H3/b10-7-,12-9-,19-16-,20-17-,21-18-,28-25-,29-26-,32-31-,36-27-,37-35-,45-42-,54-51-. The number of hydrogen-bond acceptors (Lipinski definition) is 6. The van der Waals surface area contributed by atoms with Gasteiger partial charge in [0, 0.05) is 12.8 Å². The van der Waals surface area contributed by atoms with E-state index in [4.69, 9.17) is 14.2 Å². The minimum absolute atomic E-state index is 0.115. The van der Waals surface area contributed by atoms with E-state index in [2.05, 4.69) is 154 Å². The molecule has 0 bridgehead atoms. The van der Waals surface area contributed by atoms with E-state index in [1.165, 1.54) is 44.9 Å². The Morgan fingerprint density at radius 3 is 0.986 bits per heavy atom. The Balaban J connectivity index is 4.55. The molecule has 0 rings (SSSR count). The summed E-state index contributed by atoms with van der Waals surface area (Å²) < 4.78 is 16.7. The van der Waals surface area contributed by atoms with E-state index >= 15 is 0 Å². The van der Waals surface area contributed by atoms with Crippen molar-refractivity contribution >= 4 is 17.9 Å². The average Bonchev–Trinajstić information content (AvgIpc) is 3.37. The molecule has 6 heteroatoms. The number of carbonyl (C=O) groups excluding carboxylic acids is 3. The molecule has 398 valence electrons. The highest BCUT2D eigenvalue weighted by Crippen LogP contribution is 2.13. The third-order valence-corrected chi connectivity index (χ3v) is 11.3. The molecule has 1 atom stereocenters. The number of esters is 3. The van der Waals surface area contributed by atoms with Crippen LogP contribution in [0, 0.1) is 0 Å². The van der Waals surface area contributed by atoms with Crippen LogP contribution in [0.1, 0.15) is 226 Å². The van der Waals surface area contributed by atoms with Gasteiger partial charge in [0.15, 0.2) is 6.10 Å². The van der Waals surface area contributed by atoms with Crippen LogP contribution in [-0.4, -0.2) is 37.2 Å². The lowest BCUT2D eigenvalue weighted by molar-refractivity contribution is -0.166. The Labute approximate surface area is 436 Å². The molecule has 0 aliphatic rings. The summed E-state index contributed by atoms with van der Waals surface area (Å²) in [6, 6.07) is 0. The summed E-state index contributed by atoms with van der Waals surface area (Å²) in [5.41, 5.74) is 0. The molecular formula is C65H102O6. The maximum atomic E-state index is 12.9. The van der Waals surface area contributed by atoms with Crippen molar-refractivity contribution < 1.29 is 28.6 Å². The Hall–Kier alpha value is -4.71. The zero-order valence-electron chi connectivity index (χ0n) is 45.4. The molecule has 6 nitrogen and oxygen atoms in total. The molecule has 1 unspecified atom stereocenters. The predicted molar refractivity (Wildman–Crippen MR) is 306 cm³/mol. The maximum absolute atomic E-state index is 12.9. The minimum atomic E-state index is -0.837. The van der Waals surface area contributed by atoms with Crippen molar-refractivity contribution in [1.29, 1.82) is 0 Å². The van der Waals surface area contributed by atoms with Crippen molar-refractivity contribution in [3.05, 3.63) is 146 Å². The van der Waals surface area contributed by atoms with Gasteiger partial charge < -0.3 is 14.2 Å². The molecular weight excluding hydrogens is 877 g/mol. The highest BCUT2D eigenvalue weighted by molar-refractivity contribution is 5.72. The first-order valence-corrected chi connectivity index (χ1v) is 28.3. The Bertz CT molecular complexity index is 1590. The summed E-state index contributed by atoms with van der Waals surface area (Å²) >= 11 is 0. The van der Waals surface area contributed by atoms with Gasteiger partial charge in [0.2, 0.25) is 0 Å². The maximum Gasteiger partial charge on any atom is 0.309 e. The molecule has 0 saturated carbocycles. The van der Waals surface area contributed by atoms with Gasteiger partial charge in [-0.2, -0.15) is 0 Å². The Morgan fingerprint density at radius 2 is 0.606 bits per heavy atom. The van der Waals surface area contributed by atoms with Crippen molar-refractivity contribution in [3.63, 3.8) is 0 Å². The van der Waals surface area contributed by atoms with Gasteiger partial charge >= 0.3 is 17.9 Å². The summed E-state index contributed by atoms with van der Waals surface area (Å²) in [5.74, 6) is -1.09. The number of hydrogen-bond donors (Lipinski definition) is 0. The second-order valence-electron chi connectivity index (χ2n) is 18.1. The molecule has 0 aromatic carbocycles. The third kappa shape index (κ3) is 56.1.